The Kier molecular flexibility index (Phi) is 6.44. The van der Waals surface area contributed by atoms with Crippen molar-refractivity contribution in [2.24, 2.45) is 5.11 Å². The van der Waals surface area contributed by atoms with Crippen molar-refractivity contribution in [1.29, 1.82) is 0 Å². The molecule has 0 fully saturated rings. The Morgan fingerprint density at radius 2 is 2.03 bits per heavy atom. The van der Waals surface area contributed by atoms with Crippen molar-refractivity contribution in [2.45, 2.75) is 45.1 Å². The molecule has 1 aliphatic heterocycles. The van der Waals surface area contributed by atoms with Gasteiger partial charge in [-0.15, -0.1) is 0 Å². The zero-order valence-corrected chi connectivity index (χ0v) is 18.3. The van der Waals surface area contributed by atoms with E-state index < -0.39 is 5.97 Å². The summed E-state index contributed by atoms with van der Waals surface area (Å²) in [7, 11) is 2.14. The molecule has 32 heavy (non-hydrogen) atoms. The Morgan fingerprint density at radius 1 is 1.19 bits per heavy atom. The van der Waals surface area contributed by atoms with Gasteiger partial charge in [-0.05, 0) is 60.2 Å². The molecule has 0 aromatic heterocycles. The Bertz CT molecular complexity index is 1110. The second-order valence-corrected chi connectivity index (χ2v) is 8.12. The lowest BCUT2D eigenvalue weighted by Crippen LogP contribution is -2.35. The lowest BCUT2D eigenvalue weighted by Gasteiger charge is -2.40. The van der Waals surface area contributed by atoms with Crippen LogP contribution in [0.5, 0.6) is 11.5 Å². The Balaban J connectivity index is 1.76. The molecule has 0 unspecified atom stereocenters. The topological polar surface area (TPSA) is 105 Å². The smallest absolute Gasteiger partial charge is 0.311 e. The van der Waals surface area contributed by atoms with Crippen LogP contribution in [0.25, 0.3) is 21.6 Å². The highest BCUT2D eigenvalue weighted by Crippen LogP contribution is 2.50. The van der Waals surface area contributed by atoms with Gasteiger partial charge in [0.05, 0.1) is 0 Å². The second kappa shape index (κ2) is 9.42. The minimum absolute atomic E-state index is 0.102. The van der Waals surface area contributed by atoms with E-state index in [1.807, 2.05) is 12.1 Å². The van der Waals surface area contributed by atoms with Gasteiger partial charge < -0.3 is 9.47 Å². The first-order valence-electron chi connectivity index (χ1n) is 10.9. The van der Waals surface area contributed by atoms with E-state index in [0.29, 0.717) is 12.2 Å². The van der Waals surface area contributed by atoms with E-state index in [0.717, 1.165) is 36.1 Å². The normalized spacial score (nSPS) is 16.4. The summed E-state index contributed by atoms with van der Waals surface area (Å²) >= 11 is 0. The molecule has 0 bridgehead atoms. The van der Waals surface area contributed by atoms with Crippen LogP contribution in [0.4, 0.5) is 0 Å². The molecule has 4 rings (SSSR count). The summed E-state index contributed by atoms with van der Waals surface area (Å²) in [6, 6.07) is 10.2. The zero-order valence-electron chi connectivity index (χ0n) is 18.3. The number of ether oxygens (including phenoxy) is 2. The van der Waals surface area contributed by atoms with E-state index in [1.54, 1.807) is 13.0 Å². The summed E-state index contributed by atoms with van der Waals surface area (Å²) in [6.07, 6.45) is 2.47. The number of rotatable bonds is 7. The maximum absolute atomic E-state index is 12.4. The quantitative estimate of drug-likeness (QED) is 0.156. The van der Waals surface area contributed by atoms with Crippen LogP contribution >= 0.6 is 0 Å². The van der Waals surface area contributed by atoms with Gasteiger partial charge >= 0.3 is 11.9 Å². The molecular formula is C24H26N4O4. The van der Waals surface area contributed by atoms with Crippen LogP contribution in [0, 0.1) is 0 Å². The molecule has 1 atom stereocenters. The molecule has 0 saturated heterocycles. The molecular weight excluding hydrogens is 408 g/mol. The van der Waals surface area contributed by atoms with Crippen LogP contribution in [0.15, 0.2) is 35.4 Å². The average Bonchev–Trinajstić information content (AvgIpc) is 2.80. The number of hydrogen-bond donors (Lipinski definition) is 0. The summed E-state index contributed by atoms with van der Waals surface area (Å²) in [6.45, 7) is 2.95. The van der Waals surface area contributed by atoms with Crippen molar-refractivity contribution in [2.75, 3.05) is 20.1 Å². The zero-order chi connectivity index (χ0) is 22.7. The van der Waals surface area contributed by atoms with E-state index in [2.05, 4.69) is 34.1 Å². The molecule has 166 valence electrons. The first-order valence-corrected chi connectivity index (χ1v) is 10.9. The number of carbonyl (C=O) groups excluding carboxylic acids is 2. The maximum Gasteiger partial charge on any atom is 0.311 e. The van der Waals surface area contributed by atoms with Gasteiger partial charge in [0.15, 0.2) is 11.5 Å². The van der Waals surface area contributed by atoms with Crippen molar-refractivity contribution < 1.29 is 19.1 Å². The fourth-order valence-electron chi connectivity index (χ4n) is 4.53. The van der Waals surface area contributed by atoms with Crippen molar-refractivity contribution in [1.82, 2.24) is 4.90 Å². The molecule has 2 aromatic rings. The van der Waals surface area contributed by atoms with E-state index >= 15 is 0 Å². The van der Waals surface area contributed by atoms with Gasteiger partial charge in [0.25, 0.3) is 0 Å². The van der Waals surface area contributed by atoms with Crippen LogP contribution in [0.2, 0.25) is 0 Å². The number of hydrogen-bond acceptors (Lipinski definition) is 6. The molecule has 0 amide bonds. The number of likely N-dealkylation sites (N-methyl/N-ethyl adjacent to an activating group) is 1. The molecule has 8 heteroatoms. The predicted octanol–water partition coefficient (Wildman–Crippen LogP) is 4.75. The van der Waals surface area contributed by atoms with Crippen LogP contribution in [-0.2, 0) is 22.4 Å². The third-order valence-electron chi connectivity index (χ3n) is 6.12. The van der Waals surface area contributed by atoms with Crippen molar-refractivity contribution in [3.05, 3.63) is 57.5 Å². The second-order valence-electron chi connectivity index (χ2n) is 8.12. The van der Waals surface area contributed by atoms with Gasteiger partial charge in [0.1, 0.15) is 0 Å². The SMILES string of the molecule is CCC(=O)Oc1c(OC(=O)CCCN=[N+]=[N-])ccc2c1-c1cccc3c1[C@@H](C2)N(C)CC3. The Hall–Kier alpha value is -3.35. The first-order chi connectivity index (χ1) is 15.5. The van der Waals surface area contributed by atoms with Crippen LogP contribution in [0.3, 0.4) is 0 Å². The minimum atomic E-state index is -0.463. The number of esters is 2. The van der Waals surface area contributed by atoms with Crippen molar-refractivity contribution >= 4 is 11.9 Å². The highest BCUT2D eigenvalue weighted by Gasteiger charge is 2.35. The predicted molar refractivity (Wildman–Crippen MR) is 119 cm³/mol. The third kappa shape index (κ3) is 4.20. The lowest BCUT2D eigenvalue weighted by molar-refractivity contribution is -0.137. The van der Waals surface area contributed by atoms with Gasteiger partial charge in [-0.2, -0.15) is 0 Å². The van der Waals surface area contributed by atoms with Crippen molar-refractivity contribution in [3.63, 3.8) is 0 Å². The molecule has 0 spiro atoms. The molecule has 0 radical (unpaired) electrons. The standard InChI is InChI=1S/C24H26N4O4/c1-3-20(29)32-24-19(31-21(30)8-5-12-26-27-25)10-9-16-14-18-22-15(11-13-28(18)2)6-4-7-17(22)23(16)24/h4,6-7,9-10,18H,3,5,8,11-14H2,1-2H3/t18-/m1/s1. The molecule has 8 nitrogen and oxygen atoms in total. The number of fused-ring (bicyclic) bond motifs is 2. The Labute approximate surface area is 186 Å². The summed E-state index contributed by atoms with van der Waals surface area (Å²) in [5, 5.41) is 3.44. The summed E-state index contributed by atoms with van der Waals surface area (Å²) in [4.78, 5) is 29.7. The maximum atomic E-state index is 12.4. The number of azide groups is 1. The molecule has 0 saturated carbocycles. The highest BCUT2D eigenvalue weighted by atomic mass is 16.6. The van der Waals surface area contributed by atoms with Gasteiger partial charge in [-0.3, -0.25) is 14.5 Å². The highest BCUT2D eigenvalue weighted by molar-refractivity contribution is 5.87. The molecule has 2 aromatic carbocycles. The minimum Gasteiger partial charge on any atom is -0.422 e. The number of carbonyl (C=O) groups is 2. The van der Waals surface area contributed by atoms with Gasteiger partial charge in [-0.1, -0.05) is 36.3 Å². The van der Waals surface area contributed by atoms with Crippen LogP contribution in [-0.4, -0.2) is 37.0 Å². The molecule has 1 heterocycles. The first kappa shape index (κ1) is 21.9. The van der Waals surface area contributed by atoms with Crippen molar-refractivity contribution in [3.8, 4) is 22.6 Å². The molecule has 2 aliphatic rings. The van der Waals surface area contributed by atoms with Crippen LogP contribution < -0.4 is 9.47 Å². The number of nitrogens with zero attached hydrogens (tertiary/aromatic N) is 4. The summed E-state index contributed by atoms with van der Waals surface area (Å²) in [5.41, 5.74) is 13.9. The van der Waals surface area contributed by atoms with E-state index in [9.17, 15) is 9.59 Å². The van der Waals surface area contributed by atoms with E-state index in [4.69, 9.17) is 15.0 Å². The Morgan fingerprint density at radius 3 is 2.81 bits per heavy atom. The van der Waals surface area contributed by atoms with E-state index in [-0.39, 0.29) is 37.1 Å². The summed E-state index contributed by atoms with van der Waals surface area (Å²) in [5.74, 6) is -0.309. The van der Waals surface area contributed by atoms with Gasteiger partial charge in [0, 0.05) is 42.4 Å². The van der Waals surface area contributed by atoms with Gasteiger partial charge in [-0.25, -0.2) is 0 Å². The van der Waals surface area contributed by atoms with Crippen LogP contribution in [0.1, 0.15) is 48.9 Å². The molecule has 0 N–H and O–H groups in total. The number of benzene rings is 2. The average molecular weight is 434 g/mol. The largest absolute Gasteiger partial charge is 0.422 e. The molecule has 1 aliphatic carbocycles. The fourth-order valence-corrected chi connectivity index (χ4v) is 4.53. The fraction of sp³-hybridized carbons (Fsp3) is 0.417. The third-order valence-corrected chi connectivity index (χ3v) is 6.12. The summed E-state index contributed by atoms with van der Waals surface area (Å²) < 4.78 is 11.4. The monoisotopic (exact) mass is 434 g/mol. The van der Waals surface area contributed by atoms with E-state index in [1.165, 1.54) is 11.1 Å². The lowest BCUT2D eigenvalue weighted by atomic mass is 9.77. The van der Waals surface area contributed by atoms with Gasteiger partial charge in [0.2, 0.25) is 0 Å².